The van der Waals surface area contributed by atoms with Crippen molar-refractivity contribution in [2.75, 3.05) is 11.9 Å². The third-order valence-corrected chi connectivity index (χ3v) is 6.78. The van der Waals surface area contributed by atoms with Crippen molar-refractivity contribution >= 4 is 15.7 Å². The second-order valence-electron chi connectivity index (χ2n) is 7.45. The number of oxazole rings is 1. The summed E-state index contributed by atoms with van der Waals surface area (Å²) >= 11 is 0. The number of hydrogen-bond acceptors (Lipinski definition) is 5. The molecule has 6 heteroatoms. The SMILES string of the molecule is Cc1ccc(S(=O)(=O)c2nc(-c3ccccc3C)oc2NCCc2ccccc2)cc1. The number of aromatic nitrogens is 1. The van der Waals surface area contributed by atoms with Gasteiger partial charge in [-0.25, -0.2) is 8.42 Å². The molecule has 3 aromatic carbocycles. The zero-order valence-corrected chi connectivity index (χ0v) is 18.3. The normalized spacial score (nSPS) is 11.4. The Hall–Kier alpha value is -3.38. The maximum Gasteiger partial charge on any atom is 0.233 e. The van der Waals surface area contributed by atoms with E-state index >= 15 is 0 Å². The van der Waals surface area contributed by atoms with Crippen LogP contribution in [0.5, 0.6) is 0 Å². The van der Waals surface area contributed by atoms with E-state index in [0.717, 1.165) is 28.7 Å². The van der Waals surface area contributed by atoms with Gasteiger partial charge in [-0.05, 0) is 49.6 Å². The van der Waals surface area contributed by atoms with Crippen molar-refractivity contribution in [2.24, 2.45) is 0 Å². The van der Waals surface area contributed by atoms with Crippen LogP contribution in [0.4, 0.5) is 5.88 Å². The molecule has 1 N–H and O–H groups in total. The van der Waals surface area contributed by atoms with Crippen LogP contribution in [0.15, 0.2) is 93.2 Å². The number of rotatable bonds is 7. The molecule has 0 bridgehead atoms. The van der Waals surface area contributed by atoms with Gasteiger partial charge in [-0.2, -0.15) is 4.98 Å². The monoisotopic (exact) mass is 432 g/mol. The van der Waals surface area contributed by atoms with Crippen LogP contribution in [0.2, 0.25) is 0 Å². The van der Waals surface area contributed by atoms with Gasteiger partial charge in [0.25, 0.3) is 0 Å². The molecule has 31 heavy (non-hydrogen) atoms. The van der Waals surface area contributed by atoms with Crippen molar-refractivity contribution in [3.8, 4) is 11.5 Å². The molecule has 0 aliphatic heterocycles. The lowest BCUT2D eigenvalue weighted by molar-refractivity contribution is 0.576. The van der Waals surface area contributed by atoms with Gasteiger partial charge in [0.15, 0.2) is 0 Å². The number of nitrogens with zero attached hydrogens (tertiary/aromatic N) is 1. The van der Waals surface area contributed by atoms with Crippen molar-refractivity contribution in [3.63, 3.8) is 0 Å². The highest BCUT2D eigenvalue weighted by Gasteiger charge is 2.28. The fourth-order valence-corrected chi connectivity index (χ4v) is 4.60. The average Bonchev–Trinajstić information content (AvgIpc) is 3.20. The summed E-state index contributed by atoms with van der Waals surface area (Å²) in [4.78, 5) is 4.61. The molecule has 0 saturated carbocycles. The number of benzene rings is 3. The minimum absolute atomic E-state index is 0.0948. The minimum Gasteiger partial charge on any atom is -0.419 e. The lowest BCUT2D eigenvalue weighted by Gasteiger charge is -2.06. The number of hydrogen-bond donors (Lipinski definition) is 1. The Balaban J connectivity index is 1.71. The molecule has 1 heterocycles. The molecule has 158 valence electrons. The van der Waals surface area contributed by atoms with Crippen molar-refractivity contribution in [3.05, 3.63) is 95.6 Å². The zero-order chi connectivity index (χ0) is 21.8. The van der Waals surface area contributed by atoms with Gasteiger partial charge >= 0.3 is 0 Å². The Morgan fingerprint density at radius 1 is 0.871 bits per heavy atom. The van der Waals surface area contributed by atoms with Crippen LogP contribution in [0, 0.1) is 13.8 Å². The highest BCUT2D eigenvalue weighted by Crippen LogP contribution is 2.33. The standard InChI is InChI=1S/C25H24N2O3S/c1-18-12-14-21(15-13-18)31(28,29)25-24(26-17-16-20-9-4-3-5-10-20)30-23(27-25)22-11-7-6-8-19(22)2/h3-15,26H,16-17H2,1-2H3. The molecule has 0 saturated heterocycles. The first kappa shape index (κ1) is 20.9. The van der Waals surface area contributed by atoms with Crippen molar-refractivity contribution in [1.82, 2.24) is 4.98 Å². The Morgan fingerprint density at radius 3 is 2.26 bits per heavy atom. The maximum atomic E-state index is 13.4. The van der Waals surface area contributed by atoms with E-state index in [9.17, 15) is 8.42 Å². The predicted molar refractivity (Wildman–Crippen MR) is 122 cm³/mol. The lowest BCUT2D eigenvalue weighted by Crippen LogP contribution is -2.09. The summed E-state index contributed by atoms with van der Waals surface area (Å²) in [7, 11) is -3.85. The first-order chi connectivity index (χ1) is 14.9. The van der Waals surface area contributed by atoms with Gasteiger partial charge in [0.05, 0.1) is 4.90 Å². The molecule has 5 nitrogen and oxygen atoms in total. The molecular formula is C25H24N2O3S. The molecule has 0 atom stereocenters. The van der Waals surface area contributed by atoms with Crippen LogP contribution >= 0.6 is 0 Å². The van der Waals surface area contributed by atoms with Gasteiger partial charge in [-0.3, -0.25) is 0 Å². The topological polar surface area (TPSA) is 72.2 Å². The van der Waals surface area contributed by atoms with Crippen LogP contribution in [0.3, 0.4) is 0 Å². The molecule has 0 fully saturated rings. The van der Waals surface area contributed by atoms with Gasteiger partial charge in [-0.15, -0.1) is 0 Å². The van der Waals surface area contributed by atoms with Gasteiger partial charge in [0.1, 0.15) is 0 Å². The molecular weight excluding hydrogens is 408 g/mol. The number of anilines is 1. The van der Waals surface area contributed by atoms with Crippen molar-refractivity contribution in [1.29, 1.82) is 0 Å². The van der Waals surface area contributed by atoms with Crippen LogP contribution in [0.25, 0.3) is 11.5 Å². The Bertz CT molecular complexity index is 1280. The maximum absolute atomic E-state index is 13.4. The number of nitrogens with one attached hydrogen (secondary N) is 1. The van der Waals surface area contributed by atoms with E-state index in [0.29, 0.717) is 6.54 Å². The third kappa shape index (κ3) is 4.54. The van der Waals surface area contributed by atoms with Crippen molar-refractivity contribution < 1.29 is 12.8 Å². The Kier molecular flexibility index (Phi) is 5.91. The van der Waals surface area contributed by atoms with E-state index in [1.165, 1.54) is 0 Å². The summed E-state index contributed by atoms with van der Waals surface area (Å²) in [6, 6.07) is 24.3. The predicted octanol–water partition coefficient (Wildman–Crippen LogP) is 5.45. The van der Waals surface area contributed by atoms with Crippen molar-refractivity contribution in [2.45, 2.75) is 30.2 Å². The molecule has 0 unspecified atom stereocenters. The Labute approximate surface area is 182 Å². The molecule has 0 aliphatic rings. The van der Waals surface area contributed by atoms with E-state index in [-0.39, 0.29) is 21.7 Å². The smallest absolute Gasteiger partial charge is 0.233 e. The molecule has 4 rings (SSSR count). The average molecular weight is 433 g/mol. The van der Waals surface area contributed by atoms with Gasteiger partial charge in [-0.1, -0.05) is 66.2 Å². The Morgan fingerprint density at radius 2 is 1.55 bits per heavy atom. The second-order valence-corrected chi connectivity index (χ2v) is 9.31. The van der Waals surface area contributed by atoms with Crippen LogP contribution in [-0.4, -0.2) is 19.9 Å². The fraction of sp³-hybridized carbons (Fsp3) is 0.160. The van der Waals surface area contributed by atoms with Gasteiger partial charge in [0, 0.05) is 12.1 Å². The molecule has 1 aromatic heterocycles. The first-order valence-corrected chi connectivity index (χ1v) is 11.6. The summed E-state index contributed by atoms with van der Waals surface area (Å²) in [5.41, 5.74) is 3.86. The number of sulfone groups is 1. The molecule has 0 amide bonds. The van der Waals surface area contributed by atoms with Crippen LogP contribution in [0.1, 0.15) is 16.7 Å². The summed E-state index contributed by atoms with van der Waals surface area (Å²) < 4.78 is 32.7. The van der Waals surface area contributed by atoms with Crippen LogP contribution < -0.4 is 5.32 Å². The highest BCUT2D eigenvalue weighted by molar-refractivity contribution is 7.91. The highest BCUT2D eigenvalue weighted by atomic mass is 32.2. The van der Waals surface area contributed by atoms with Crippen LogP contribution in [-0.2, 0) is 16.3 Å². The number of aryl methyl sites for hydroxylation is 2. The summed E-state index contributed by atoms with van der Waals surface area (Å²) in [6.07, 6.45) is 0.727. The summed E-state index contributed by atoms with van der Waals surface area (Å²) in [5, 5.41) is 3.06. The zero-order valence-electron chi connectivity index (χ0n) is 17.5. The summed E-state index contributed by atoms with van der Waals surface area (Å²) in [5.74, 6) is 0.445. The van der Waals surface area contributed by atoms with E-state index in [4.69, 9.17) is 4.42 Å². The minimum atomic E-state index is -3.85. The molecule has 4 aromatic rings. The molecule has 0 radical (unpaired) electrons. The second kappa shape index (κ2) is 8.78. The molecule has 0 spiro atoms. The largest absolute Gasteiger partial charge is 0.419 e. The molecule has 0 aliphatic carbocycles. The van der Waals surface area contributed by atoms with E-state index in [2.05, 4.69) is 10.3 Å². The lowest BCUT2D eigenvalue weighted by atomic mass is 10.1. The summed E-state index contributed by atoms with van der Waals surface area (Å²) in [6.45, 7) is 4.37. The van der Waals surface area contributed by atoms with Gasteiger partial charge in [0.2, 0.25) is 26.6 Å². The van der Waals surface area contributed by atoms with E-state index in [1.807, 2.05) is 68.4 Å². The fourth-order valence-electron chi connectivity index (χ4n) is 3.32. The quantitative estimate of drug-likeness (QED) is 0.421. The first-order valence-electron chi connectivity index (χ1n) is 10.1. The van der Waals surface area contributed by atoms with E-state index in [1.54, 1.807) is 24.3 Å². The third-order valence-electron chi connectivity index (χ3n) is 5.10. The van der Waals surface area contributed by atoms with Gasteiger partial charge < -0.3 is 9.73 Å². The van der Waals surface area contributed by atoms with E-state index < -0.39 is 9.84 Å².